The number of carbonyl (C=O) groups excluding carboxylic acids is 1. The molecular formula is C16H20N2O4. The van der Waals surface area contributed by atoms with E-state index in [2.05, 4.69) is 10.3 Å². The van der Waals surface area contributed by atoms with Gasteiger partial charge >= 0.3 is 0 Å². The van der Waals surface area contributed by atoms with Gasteiger partial charge < -0.3 is 19.8 Å². The van der Waals surface area contributed by atoms with Crippen LogP contribution >= 0.6 is 0 Å². The molecule has 0 aliphatic rings. The standard InChI is InChI=1S/C16H20N2O4/c1-16(2,7-8-19)10-17-14(20)11-5-6-12(18-15(11)21)13-4-3-9-22-13/h3-6,9,19H,7-8,10H2,1-2H3,(H,17,20)(H,18,21). The Kier molecular flexibility index (Phi) is 4.82. The summed E-state index contributed by atoms with van der Waals surface area (Å²) < 4.78 is 5.20. The van der Waals surface area contributed by atoms with Gasteiger partial charge in [0.15, 0.2) is 0 Å². The number of rotatable bonds is 6. The molecule has 2 heterocycles. The number of furan rings is 1. The molecule has 0 radical (unpaired) electrons. The number of aliphatic hydroxyl groups excluding tert-OH is 1. The van der Waals surface area contributed by atoms with Crippen molar-refractivity contribution in [1.29, 1.82) is 0 Å². The number of aromatic nitrogens is 1. The van der Waals surface area contributed by atoms with E-state index < -0.39 is 11.5 Å². The van der Waals surface area contributed by atoms with Gasteiger partial charge in [-0.1, -0.05) is 13.8 Å². The molecule has 6 heteroatoms. The summed E-state index contributed by atoms with van der Waals surface area (Å²) in [5, 5.41) is 11.7. The SMILES string of the molecule is CC(C)(CCO)CNC(=O)c1ccc(-c2ccco2)[nH]c1=O. The predicted molar refractivity (Wildman–Crippen MR) is 82.6 cm³/mol. The quantitative estimate of drug-likeness (QED) is 0.758. The minimum atomic E-state index is -0.466. The lowest BCUT2D eigenvalue weighted by Crippen LogP contribution is -2.37. The van der Waals surface area contributed by atoms with Crippen LogP contribution in [-0.4, -0.2) is 29.1 Å². The van der Waals surface area contributed by atoms with Crippen molar-refractivity contribution < 1.29 is 14.3 Å². The van der Waals surface area contributed by atoms with E-state index in [4.69, 9.17) is 9.52 Å². The minimum Gasteiger partial charge on any atom is -0.463 e. The first-order valence-electron chi connectivity index (χ1n) is 7.09. The van der Waals surface area contributed by atoms with Crippen molar-refractivity contribution in [2.24, 2.45) is 5.41 Å². The molecule has 2 aromatic rings. The Bertz CT molecular complexity index is 686. The fourth-order valence-electron chi connectivity index (χ4n) is 2.03. The predicted octanol–water partition coefficient (Wildman–Crippen LogP) is 1.77. The monoisotopic (exact) mass is 304 g/mol. The zero-order valence-corrected chi connectivity index (χ0v) is 12.7. The van der Waals surface area contributed by atoms with E-state index in [1.54, 1.807) is 18.2 Å². The number of hydrogen-bond donors (Lipinski definition) is 3. The van der Waals surface area contributed by atoms with Crippen LogP contribution in [0.4, 0.5) is 0 Å². The highest BCUT2D eigenvalue weighted by Crippen LogP contribution is 2.18. The third kappa shape index (κ3) is 3.85. The number of aromatic amines is 1. The van der Waals surface area contributed by atoms with Crippen molar-refractivity contribution in [2.45, 2.75) is 20.3 Å². The van der Waals surface area contributed by atoms with Crippen molar-refractivity contribution in [3.05, 3.63) is 46.4 Å². The van der Waals surface area contributed by atoms with Crippen molar-refractivity contribution >= 4 is 5.91 Å². The third-order valence-electron chi connectivity index (χ3n) is 3.46. The van der Waals surface area contributed by atoms with Crippen LogP contribution in [0.2, 0.25) is 0 Å². The van der Waals surface area contributed by atoms with E-state index >= 15 is 0 Å². The molecule has 0 saturated heterocycles. The van der Waals surface area contributed by atoms with Crippen LogP contribution in [0.1, 0.15) is 30.6 Å². The van der Waals surface area contributed by atoms with Crippen LogP contribution in [0.25, 0.3) is 11.5 Å². The summed E-state index contributed by atoms with van der Waals surface area (Å²) in [6.45, 7) is 4.31. The lowest BCUT2D eigenvalue weighted by Gasteiger charge is -2.23. The zero-order valence-electron chi connectivity index (χ0n) is 12.7. The number of amides is 1. The maximum Gasteiger partial charge on any atom is 0.261 e. The Balaban J connectivity index is 2.09. The summed E-state index contributed by atoms with van der Waals surface area (Å²) in [6.07, 6.45) is 2.08. The van der Waals surface area contributed by atoms with Crippen LogP contribution in [0, 0.1) is 5.41 Å². The smallest absolute Gasteiger partial charge is 0.261 e. The minimum absolute atomic E-state index is 0.0510. The van der Waals surface area contributed by atoms with Gasteiger partial charge in [0.25, 0.3) is 11.5 Å². The molecule has 1 amide bonds. The van der Waals surface area contributed by atoms with E-state index in [0.29, 0.717) is 24.4 Å². The van der Waals surface area contributed by atoms with E-state index in [0.717, 1.165) is 0 Å². The van der Waals surface area contributed by atoms with Crippen LogP contribution in [0.15, 0.2) is 39.7 Å². The molecule has 0 unspecified atom stereocenters. The van der Waals surface area contributed by atoms with Gasteiger partial charge in [-0.3, -0.25) is 9.59 Å². The first-order valence-corrected chi connectivity index (χ1v) is 7.09. The molecule has 0 fully saturated rings. The maximum atomic E-state index is 12.1. The summed E-state index contributed by atoms with van der Waals surface area (Å²) >= 11 is 0. The van der Waals surface area contributed by atoms with E-state index in [1.807, 2.05) is 13.8 Å². The second-order valence-corrected chi connectivity index (χ2v) is 5.91. The van der Waals surface area contributed by atoms with E-state index in [9.17, 15) is 9.59 Å². The molecule has 0 aliphatic heterocycles. The molecule has 6 nitrogen and oxygen atoms in total. The summed E-state index contributed by atoms with van der Waals surface area (Å²) in [7, 11) is 0. The zero-order chi connectivity index (χ0) is 16.2. The number of nitrogens with one attached hydrogen (secondary N) is 2. The van der Waals surface area contributed by atoms with Crippen molar-refractivity contribution in [2.75, 3.05) is 13.2 Å². The van der Waals surface area contributed by atoms with Gasteiger partial charge in [-0.15, -0.1) is 0 Å². The number of pyridine rings is 1. The lowest BCUT2D eigenvalue weighted by molar-refractivity contribution is 0.0926. The molecule has 0 atom stereocenters. The molecule has 0 spiro atoms. The van der Waals surface area contributed by atoms with Gasteiger partial charge in [0.05, 0.1) is 12.0 Å². The summed E-state index contributed by atoms with van der Waals surface area (Å²) in [5.74, 6) is 0.103. The molecule has 0 saturated carbocycles. The second-order valence-electron chi connectivity index (χ2n) is 5.91. The summed E-state index contributed by atoms with van der Waals surface area (Å²) in [4.78, 5) is 26.8. The molecule has 22 heavy (non-hydrogen) atoms. The van der Waals surface area contributed by atoms with Gasteiger partial charge in [-0.2, -0.15) is 0 Å². The van der Waals surface area contributed by atoms with Gasteiger partial charge in [-0.05, 0) is 36.1 Å². The highest BCUT2D eigenvalue weighted by atomic mass is 16.3. The van der Waals surface area contributed by atoms with Crippen molar-refractivity contribution in [1.82, 2.24) is 10.3 Å². The normalized spacial score (nSPS) is 11.4. The van der Waals surface area contributed by atoms with Gasteiger partial charge in [0.1, 0.15) is 11.3 Å². The molecule has 0 bridgehead atoms. The largest absolute Gasteiger partial charge is 0.463 e. The van der Waals surface area contributed by atoms with Crippen LogP contribution < -0.4 is 10.9 Å². The Morgan fingerprint density at radius 1 is 1.36 bits per heavy atom. The van der Waals surface area contributed by atoms with Gasteiger partial charge in [-0.25, -0.2) is 0 Å². The van der Waals surface area contributed by atoms with Crippen LogP contribution in [0.3, 0.4) is 0 Å². The highest BCUT2D eigenvalue weighted by molar-refractivity contribution is 5.94. The van der Waals surface area contributed by atoms with E-state index in [-0.39, 0.29) is 17.6 Å². The molecule has 0 aliphatic carbocycles. The number of aliphatic hydroxyl groups is 1. The van der Waals surface area contributed by atoms with Gasteiger partial charge in [0, 0.05) is 13.2 Å². The number of carbonyl (C=O) groups is 1. The molecule has 3 N–H and O–H groups in total. The van der Waals surface area contributed by atoms with E-state index in [1.165, 1.54) is 12.3 Å². The Morgan fingerprint density at radius 3 is 2.73 bits per heavy atom. The Labute approximate surface area is 128 Å². The van der Waals surface area contributed by atoms with Crippen LogP contribution in [-0.2, 0) is 0 Å². The lowest BCUT2D eigenvalue weighted by atomic mass is 9.89. The molecule has 118 valence electrons. The van der Waals surface area contributed by atoms with Crippen molar-refractivity contribution in [3.63, 3.8) is 0 Å². The molecular weight excluding hydrogens is 284 g/mol. The summed E-state index contributed by atoms with van der Waals surface area (Å²) in [5.41, 5.74) is -0.126. The summed E-state index contributed by atoms with van der Waals surface area (Å²) in [6, 6.07) is 6.55. The van der Waals surface area contributed by atoms with Crippen LogP contribution in [0.5, 0.6) is 0 Å². The molecule has 0 aromatic carbocycles. The van der Waals surface area contributed by atoms with Crippen molar-refractivity contribution in [3.8, 4) is 11.5 Å². The average Bonchev–Trinajstić information content (AvgIpc) is 2.99. The first-order chi connectivity index (χ1) is 10.4. The highest BCUT2D eigenvalue weighted by Gasteiger charge is 2.19. The molecule has 2 aromatic heterocycles. The maximum absolute atomic E-state index is 12.1. The Hall–Kier alpha value is -2.34. The topological polar surface area (TPSA) is 95.3 Å². The van der Waals surface area contributed by atoms with Gasteiger partial charge in [0.2, 0.25) is 0 Å². The fraction of sp³-hybridized carbons (Fsp3) is 0.375. The number of H-pyrrole nitrogens is 1. The Morgan fingerprint density at radius 2 is 2.14 bits per heavy atom. The first kappa shape index (κ1) is 16.0. The molecule has 2 rings (SSSR count). The average molecular weight is 304 g/mol. The second kappa shape index (κ2) is 6.62. The fourth-order valence-corrected chi connectivity index (χ4v) is 2.03. The number of hydrogen-bond acceptors (Lipinski definition) is 4. The third-order valence-corrected chi connectivity index (χ3v) is 3.46.